The third-order valence-corrected chi connectivity index (χ3v) is 5.00. The number of nitrogen functional groups attached to an aromatic ring is 1. The van der Waals surface area contributed by atoms with Crippen molar-refractivity contribution in [2.75, 3.05) is 31.1 Å². The Balaban J connectivity index is 1.52. The second kappa shape index (κ2) is 7.74. The van der Waals surface area contributed by atoms with Gasteiger partial charge < -0.3 is 15.6 Å². The Morgan fingerprint density at radius 2 is 1.92 bits per heavy atom. The Labute approximate surface area is 152 Å². The molecule has 0 aromatic heterocycles. The van der Waals surface area contributed by atoms with E-state index in [9.17, 15) is 9.59 Å². The molecule has 1 aromatic rings. The Morgan fingerprint density at radius 1 is 1.27 bits per heavy atom. The van der Waals surface area contributed by atoms with Crippen molar-refractivity contribution in [3.05, 3.63) is 29.8 Å². The van der Waals surface area contributed by atoms with Crippen LogP contribution in [0.25, 0.3) is 0 Å². The van der Waals surface area contributed by atoms with Gasteiger partial charge in [-0.3, -0.25) is 20.0 Å². The largest absolute Gasteiger partial charge is 0.481 e. The second-order valence-corrected chi connectivity index (χ2v) is 6.92. The summed E-state index contributed by atoms with van der Waals surface area (Å²) in [4.78, 5) is 26.8. The number of carboxylic acids is 1. The molecular formula is C18H24N4O4. The first kappa shape index (κ1) is 18.2. The molecule has 2 saturated heterocycles. The van der Waals surface area contributed by atoms with Crippen LogP contribution in [0.1, 0.15) is 24.8 Å². The molecule has 2 heterocycles. The summed E-state index contributed by atoms with van der Waals surface area (Å²) in [5, 5.41) is 16.3. The van der Waals surface area contributed by atoms with E-state index in [-0.39, 0.29) is 30.4 Å². The van der Waals surface area contributed by atoms with Gasteiger partial charge in [-0.2, -0.15) is 0 Å². The lowest BCUT2D eigenvalue weighted by Gasteiger charge is -2.32. The van der Waals surface area contributed by atoms with Gasteiger partial charge in [-0.05, 0) is 56.1 Å². The van der Waals surface area contributed by atoms with Crippen LogP contribution in [-0.2, 0) is 9.53 Å². The molecule has 8 heteroatoms. The lowest BCUT2D eigenvalue weighted by Crippen LogP contribution is -2.40. The number of piperidine rings is 1. The van der Waals surface area contributed by atoms with Gasteiger partial charge in [-0.1, -0.05) is 0 Å². The third-order valence-electron chi connectivity index (χ3n) is 5.00. The highest BCUT2D eigenvalue weighted by Gasteiger charge is 2.34. The molecule has 0 spiro atoms. The van der Waals surface area contributed by atoms with Gasteiger partial charge in [0.25, 0.3) is 0 Å². The molecule has 4 N–H and O–H groups in total. The zero-order chi connectivity index (χ0) is 18.7. The van der Waals surface area contributed by atoms with Crippen molar-refractivity contribution in [1.29, 1.82) is 5.41 Å². The van der Waals surface area contributed by atoms with E-state index in [0.717, 1.165) is 31.6 Å². The summed E-state index contributed by atoms with van der Waals surface area (Å²) < 4.78 is 5.48. The number of anilines is 1. The van der Waals surface area contributed by atoms with Gasteiger partial charge in [0.05, 0.1) is 6.54 Å². The fourth-order valence-corrected chi connectivity index (χ4v) is 3.56. The van der Waals surface area contributed by atoms with Crippen molar-refractivity contribution in [2.45, 2.75) is 25.4 Å². The number of aliphatic carboxylic acids is 1. The van der Waals surface area contributed by atoms with Crippen LogP contribution in [0.3, 0.4) is 0 Å². The molecule has 0 radical (unpaired) electrons. The van der Waals surface area contributed by atoms with E-state index in [4.69, 9.17) is 21.0 Å². The zero-order valence-electron chi connectivity index (χ0n) is 14.6. The van der Waals surface area contributed by atoms with Crippen molar-refractivity contribution < 1.29 is 19.4 Å². The van der Waals surface area contributed by atoms with Crippen LogP contribution >= 0.6 is 0 Å². The molecule has 0 aliphatic carbocycles. The first-order valence-corrected chi connectivity index (χ1v) is 8.79. The fourth-order valence-electron chi connectivity index (χ4n) is 3.56. The molecule has 0 bridgehead atoms. The third kappa shape index (κ3) is 4.32. The first-order chi connectivity index (χ1) is 12.4. The van der Waals surface area contributed by atoms with E-state index in [2.05, 4.69) is 4.90 Å². The summed E-state index contributed by atoms with van der Waals surface area (Å²) in [5.41, 5.74) is 6.78. The Kier molecular flexibility index (Phi) is 5.41. The number of carbonyl (C=O) groups excluding carboxylic acids is 1. The van der Waals surface area contributed by atoms with E-state index in [0.29, 0.717) is 18.7 Å². The minimum absolute atomic E-state index is 0.00951. The highest BCUT2D eigenvalue weighted by molar-refractivity contribution is 5.96. The molecule has 2 aliphatic rings. The number of nitrogens with one attached hydrogen (secondary N) is 1. The molecule has 1 unspecified atom stereocenters. The zero-order valence-corrected chi connectivity index (χ0v) is 14.6. The van der Waals surface area contributed by atoms with Crippen molar-refractivity contribution >= 4 is 23.6 Å². The molecule has 3 rings (SSSR count). The summed E-state index contributed by atoms with van der Waals surface area (Å²) in [7, 11) is 0. The Morgan fingerprint density at radius 3 is 2.50 bits per heavy atom. The van der Waals surface area contributed by atoms with E-state index >= 15 is 0 Å². The van der Waals surface area contributed by atoms with Gasteiger partial charge in [-0.25, -0.2) is 4.79 Å². The minimum Gasteiger partial charge on any atom is -0.481 e. The fraction of sp³-hybridized carbons (Fsp3) is 0.500. The topological polar surface area (TPSA) is 120 Å². The van der Waals surface area contributed by atoms with E-state index in [1.165, 1.54) is 0 Å². The number of carbonyl (C=O) groups is 2. The van der Waals surface area contributed by atoms with Gasteiger partial charge in [0.2, 0.25) is 0 Å². The van der Waals surface area contributed by atoms with Crippen molar-refractivity contribution in [3.8, 4) is 0 Å². The number of carboxylic acid groups (broad SMARTS) is 1. The quantitative estimate of drug-likeness (QED) is 0.522. The number of ether oxygens (including phenoxy) is 1. The van der Waals surface area contributed by atoms with Crippen LogP contribution < -0.4 is 10.6 Å². The highest BCUT2D eigenvalue weighted by atomic mass is 16.6. The number of nitrogens with two attached hydrogens (primary N) is 1. The number of amides is 1. The normalized spacial score (nSPS) is 21.6. The SMILES string of the molecule is N=C(N)c1ccc(N2CC(CN3CCC(CC(=O)O)CC3)OC2=O)cc1. The molecule has 1 amide bonds. The van der Waals surface area contributed by atoms with Gasteiger partial charge in [0.1, 0.15) is 11.9 Å². The summed E-state index contributed by atoms with van der Waals surface area (Å²) >= 11 is 0. The van der Waals surface area contributed by atoms with Crippen LogP contribution in [0.15, 0.2) is 24.3 Å². The van der Waals surface area contributed by atoms with Crippen LogP contribution in [0, 0.1) is 11.3 Å². The number of benzene rings is 1. The maximum Gasteiger partial charge on any atom is 0.414 e. The Hall–Kier alpha value is -2.61. The van der Waals surface area contributed by atoms with Gasteiger partial charge in [0, 0.05) is 24.2 Å². The van der Waals surface area contributed by atoms with E-state index in [1.54, 1.807) is 29.2 Å². The number of rotatable bonds is 6. The van der Waals surface area contributed by atoms with Crippen LogP contribution in [0.2, 0.25) is 0 Å². The summed E-state index contributed by atoms with van der Waals surface area (Å²) in [6.45, 7) is 2.81. The summed E-state index contributed by atoms with van der Waals surface area (Å²) in [6.07, 6.45) is 1.39. The lowest BCUT2D eigenvalue weighted by atomic mass is 9.93. The van der Waals surface area contributed by atoms with Crippen molar-refractivity contribution in [1.82, 2.24) is 4.90 Å². The second-order valence-electron chi connectivity index (χ2n) is 6.92. The number of hydrogen-bond acceptors (Lipinski definition) is 5. The van der Waals surface area contributed by atoms with Crippen molar-refractivity contribution in [3.63, 3.8) is 0 Å². The number of hydrogen-bond donors (Lipinski definition) is 3. The van der Waals surface area contributed by atoms with E-state index in [1.807, 2.05) is 0 Å². The monoisotopic (exact) mass is 360 g/mol. The summed E-state index contributed by atoms with van der Waals surface area (Å²) in [5.74, 6) is -0.504. The average molecular weight is 360 g/mol. The molecule has 140 valence electrons. The predicted octanol–water partition coefficient (Wildman–Crippen LogP) is 1.48. The van der Waals surface area contributed by atoms with Gasteiger partial charge >= 0.3 is 12.1 Å². The molecule has 8 nitrogen and oxygen atoms in total. The van der Waals surface area contributed by atoms with Crippen molar-refractivity contribution in [2.24, 2.45) is 11.7 Å². The average Bonchev–Trinajstić information content (AvgIpc) is 2.96. The number of cyclic esters (lactones) is 1. The van der Waals surface area contributed by atoms with Crippen LogP contribution in [-0.4, -0.2) is 60.2 Å². The highest BCUT2D eigenvalue weighted by Crippen LogP contribution is 2.25. The maximum absolute atomic E-state index is 12.2. The molecule has 26 heavy (non-hydrogen) atoms. The van der Waals surface area contributed by atoms with E-state index < -0.39 is 5.97 Å². The molecule has 1 atom stereocenters. The molecule has 2 aliphatic heterocycles. The van der Waals surface area contributed by atoms with Gasteiger partial charge in [0.15, 0.2) is 0 Å². The van der Waals surface area contributed by atoms with Crippen LogP contribution in [0.5, 0.6) is 0 Å². The number of nitrogens with zero attached hydrogens (tertiary/aromatic N) is 2. The predicted molar refractivity (Wildman–Crippen MR) is 96.5 cm³/mol. The number of likely N-dealkylation sites (tertiary alicyclic amines) is 1. The van der Waals surface area contributed by atoms with Gasteiger partial charge in [-0.15, -0.1) is 0 Å². The minimum atomic E-state index is -0.736. The smallest absolute Gasteiger partial charge is 0.414 e. The molecule has 2 fully saturated rings. The number of amidine groups is 1. The molecule has 0 saturated carbocycles. The maximum atomic E-state index is 12.2. The van der Waals surface area contributed by atoms with Crippen LogP contribution in [0.4, 0.5) is 10.5 Å². The lowest BCUT2D eigenvalue weighted by molar-refractivity contribution is -0.138. The molecular weight excluding hydrogens is 336 g/mol. The summed E-state index contributed by atoms with van der Waals surface area (Å²) in [6, 6.07) is 6.95. The first-order valence-electron chi connectivity index (χ1n) is 8.79. The molecule has 1 aromatic carbocycles. The standard InChI is InChI=1S/C18H24N4O4/c19-17(20)13-1-3-14(4-2-13)22-11-15(26-18(22)25)10-21-7-5-12(6-8-21)9-16(23)24/h1-4,12,15H,5-11H2,(H3,19,20)(H,23,24). The Bertz CT molecular complexity index is 683.